The van der Waals surface area contributed by atoms with E-state index < -0.39 is 6.10 Å². The second kappa shape index (κ2) is 4.12. The maximum atomic E-state index is 9.43. The van der Waals surface area contributed by atoms with Gasteiger partial charge in [0.05, 0.1) is 13.2 Å². The predicted molar refractivity (Wildman–Crippen MR) is 47.9 cm³/mol. The van der Waals surface area contributed by atoms with Gasteiger partial charge in [-0.1, -0.05) is 19.1 Å². The maximum Gasteiger partial charge on any atom is 0.119 e. The van der Waals surface area contributed by atoms with Crippen LogP contribution in [0.2, 0.25) is 0 Å². The van der Waals surface area contributed by atoms with Gasteiger partial charge < -0.3 is 9.84 Å². The fourth-order valence-electron chi connectivity index (χ4n) is 1.02. The minimum absolute atomic E-state index is 0.479. The summed E-state index contributed by atoms with van der Waals surface area (Å²) in [6.07, 6.45) is -0.00669. The molecule has 1 radical (unpaired) electrons. The van der Waals surface area contributed by atoms with Crippen LogP contribution in [0.15, 0.2) is 24.3 Å². The van der Waals surface area contributed by atoms with Crippen LogP contribution in [0, 0.1) is 6.92 Å². The Bertz CT molecular complexity index is 245. The van der Waals surface area contributed by atoms with E-state index in [1.165, 1.54) is 0 Å². The number of methoxy groups -OCH3 is 1. The molecule has 0 fully saturated rings. The molecule has 1 N–H and O–H groups in total. The number of ether oxygens (including phenoxy) is 1. The summed E-state index contributed by atoms with van der Waals surface area (Å²) >= 11 is 0. The summed E-state index contributed by atoms with van der Waals surface area (Å²) in [6, 6.07) is 7.38. The molecule has 2 heteroatoms. The molecule has 0 amide bonds. The van der Waals surface area contributed by atoms with Gasteiger partial charge in [-0.05, 0) is 24.1 Å². The average Bonchev–Trinajstić information content (AvgIpc) is 2.17. The summed E-state index contributed by atoms with van der Waals surface area (Å²) in [7, 11) is 1.61. The lowest BCUT2D eigenvalue weighted by Gasteiger charge is -2.08. The Morgan fingerprint density at radius 3 is 2.92 bits per heavy atom. The van der Waals surface area contributed by atoms with Crippen LogP contribution in [0.4, 0.5) is 0 Å². The molecule has 65 valence electrons. The number of aliphatic hydroxyl groups is 1. The first-order valence-electron chi connectivity index (χ1n) is 3.89. The molecule has 1 aromatic carbocycles. The molecule has 0 aliphatic heterocycles. The van der Waals surface area contributed by atoms with Gasteiger partial charge in [0.1, 0.15) is 5.75 Å². The summed E-state index contributed by atoms with van der Waals surface area (Å²) in [6.45, 7) is 3.63. The molecule has 0 spiro atoms. The summed E-state index contributed by atoms with van der Waals surface area (Å²) in [4.78, 5) is 0. The fraction of sp³-hybridized carbons (Fsp3) is 0.300. The zero-order valence-corrected chi connectivity index (χ0v) is 7.16. The lowest BCUT2D eigenvalue weighted by atomic mass is 10.1. The van der Waals surface area contributed by atoms with Crippen molar-refractivity contribution in [2.45, 2.75) is 12.5 Å². The summed E-state index contributed by atoms with van der Waals surface area (Å²) in [5.74, 6) is 0.764. The molecule has 1 unspecified atom stereocenters. The molecule has 1 aromatic rings. The van der Waals surface area contributed by atoms with Crippen LogP contribution in [0.25, 0.3) is 0 Å². The van der Waals surface area contributed by atoms with Gasteiger partial charge in [-0.25, -0.2) is 0 Å². The normalized spacial score (nSPS) is 12.6. The Morgan fingerprint density at radius 1 is 1.58 bits per heavy atom. The standard InChI is InChI=1S/C10H13O2/c1-3-10(11)8-5-4-6-9(7-8)12-2/h4-7,10-11H,1,3H2,2H3. The SMILES string of the molecule is [CH2]CC(O)c1cccc(OC)c1. The van der Waals surface area contributed by atoms with E-state index in [2.05, 4.69) is 6.92 Å². The molecule has 1 atom stereocenters. The van der Waals surface area contributed by atoms with Crippen molar-refractivity contribution < 1.29 is 9.84 Å². The number of benzene rings is 1. The van der Waals surface area contributed by atoms with Crippen molar-refractivity contribution in [3.63, 3.8) is 0 Å². The van der Waals surface area contributed by atoms with Crippen LogP contribution in [-0.2, 0) is 0 Å². The van der Waals surface area contributed by atoms with Crippen molar-refractivity contribution in [1.29, 1.82) is 0 Å². The van der Waals surface area contributed by atoms with Crippen molar-refractivity contribution in [3.05, 3.63) is 36.8 Å². The monoisotopic (exact) mass is 165 g/mol. The minimum Gasteiger partial charge on any atom is -0.497 e. The van der Waals surface area contributed by atoms with E-state index in [9.17, 15) is 5.11 Å². The summed E-state index contributed by atoms with van der Waals surface area (Å²) in [5, 5.41) is 9.43. The molecule has 0 heterocycles. The zero-order valence-electron chi connectivity index (χ0n) is 7.16. The number of hydrogen-bond acceptors (Lipinski definition) is 2. The Kier molecular flexibility index (Phi) is 3.11. The second-order valence-corrected chi connectivity index (χ2v) is 2.58. The average molecular weight is 165 g/mol. The Morgan fingerprint density at radius 2 is 2.33 bits per heavy atom. The van der Waals surface area contributed by atoms with Crippen molar-refractivity contribution in [2.75, 3.05) is 7.11 Å². The first kappa shape index (κ1) is 9.07. The van der Waals surface area contributed by atoms with Gasteiger partial charge in [-0.3, -0.25) is 0 Å². The van der Waals surface area contributed by atoms with Crippen LogP contribution in [-0.4, -0.2) is 12.2 Å². The van der Waals surface area contributed by atoms with Crippen molar-refractivity contribution >= 4 is 0 Å². The molecule has 12 heavy (non-hydrogen) atoms. The van der Waals surface area contributed by atoms with E-state index >= 15 is 0 Å². The lowest BCUT2D eigenvalue weighted by molar-refractivity contribution is 0.180. The third kappa shape index (κ3) is 1.98. The molecule has 1 rings (SSSR count). The van der Waals surface area contributed by atoms with Crippen molar-refractivity contribution in [3.8, 4) is 5.75 Å². The van der Waals surface area contributed by atoms with E-state index in [-0.39, 0.29) is 0 Å². The highest BCUT2D eigenvalue weighted by Gasteiger charge is 2.04. The van der Waals surface area contributed by atoms with Gasteiger partial charge in [-0.15, -0.1) is 0 Å². The molecular weight excluding hydrogens is 152 g/mol. The Hall–Kier alpha value is -1.02. The number of rotatable bonds is 3. The molecule has 2 nitrogen and oxygen atoms in total. The molecule has 0 saturated heterocycles. The van der Waals surface area contributed by atoms with Crippen molar-refractivity contribution in [2.24, 2.45) is 0 Å². The summed E-state index contributed by atoms with van der Waals surface area (Å²) in [5.41, 5.74) is 0.851. The third-order valence-electron chi connectivity index (χ3n) is 1.75. The van der Waals surface area contributed by atoms with E-state index in [4.69, 9.17) is 4.74 Å². The molecule has 0 aromatic heterocycles. The first-order valence-corrected chi connectivity index (χ1v) is 3.89. The van der Waals surface area contributed by atoms with Gasteiger partial charge in [0, 0.05) is 0 Å². The highest BCUT2D eigenvalue weighted by molar-refractivity contribution is 5.29. The minimum atomic E-state index is -0.486. The van der Waals surface area contributed by atoms with Gasteiger partial charge in [-0.2, -0.15) is 0 Å². The highest BCUT2D eigenvalue weighted by atomic mass is 16.5. The van der Waals surface area contributed by atoms with E-state index in [1.54, 1.807) is 7.11 Å². The van der Waals surface area contributed by atoms with Crippen LogP contribution in [0.1, 0.15) is 18.1 Å². The molecule has 0 aliphatic carbocycles. The quantitative estimate of drug-likeness (QED) is 0.741. The smallest absolute Gasteiger partial charge is 0.119 e. The topological polar surface area (TPSA) is 29.5 Å². The van der Waals surface area contributed by atoms with Gasteiger partial charge in [0.15, 0.2) is 0 Å². The Balaban J connectivity index is 2.86. The van der Waals surface area contributed by atoms with Crippen LogP contribution < -0.4 is 4.74 Å². The number of hydrogen-bond donors (Lipinski definition) is 1. The van der Waals surface area contributed by atoms with Gasteiger partial charge in [0.25, 0.3) is 0 Å². The lowest BCUT2D eigenvalue weighted by Crippen LogP contribution is -1.95. The largest absolute Gasteiger partial charge is 0.497 e. The van der Waals surface area contributed by atoms with Crippen molar-refractivity contribution in [1.82, 2.24) is 0 Å². The number of aliphatic hydroxyl groups excluding tert-OH is 1. The van der Waals surface area contributed by atoms with Crippen LogP contribution in [0.5, 0.6) is 5.75 Å². The highest BCUT2D eigenvalue weighted by Crippen LogP contribution is 2.20. The van der Waals surface area contributed by atoms with E-state index in [1.807, 2.05) is 24.3 Å². The fourth-order valence-corrected chi connectivity index (χ4v) is 1.02. The second-order valence-electron chi connectivity index (χ2n) is 2.58. The van der Waals surface area contributed by atoms with Crippen LogP contribution in [0.3, 0.4) is 0 Å². The third-order valence-corrected chi connectivity index (χ3v) is 1.75. The van der Waals surface area contributed by atoms with Gasteiger partial charge >= 0.3 is 0 Å². The van der Waals surface area contributed by atoms with Crippen LogP contribution >= 0.6 is 0 Å². The predicted octanol–water partition coefficient (Wildman–Crippen LogP) is 1.95. The summed E-state index contributed by atoms with van der Waals surface area (Å²) < 4.78 is 5.02. The molecular formula is C10H13O2. The van der Waals surface area contributed by atoms with Gasteiger partial charge in [0.2, 0.25) is 0 Å². The Labute approximate surface area is 72.8 Å². The molecule has 0 aliphatic rings. The first-order chi connectivity index (χ1) is 5.77. The zero-order chi connectivity index (χ0) is 8.97. The van der Waals surface area contributed by atoms with E-state index in [0.717, 1.165) is 11.3 Å². The van der Waals surface area contributed by atoms with E-state index in [0.29, 0.717) is 6.42 Å². The molecule has 0 bridgehead atoms. The molecule has 0 saturated carbocycles. The maximum absolute atomic E-state index is 9.43.